The van der Waals surface area contributed by atoms with Gasteiger partial charge in [-0.3, -0.25) is 0 Å². The maximum Gasteiger partial charge on any atom is 0.226 e. The number of aromatic nitrogens is 3. The average molecular weight is 474 g/mol. The molecule has 0 radical (unpaired) electrons. The normalized spacial score (nSPS) is 21.8. The minimum Gasteiger partial charge on any atom is -0.396 e. The minimum atomic E-state index is 0.228. The third-order valence-corrected chi connectivity index (χ3v) is 7.73. The minimum absolute atomic E-state index is 0.228. The molecule has 1 saturated carbocycles. The molecule has 0 amide bonds. The van der Waals surface area contributed by atoms with Crippen molar-refractivity contribution in [2.24, 2.45) is 11.8 Å². The van der Waals surface area contributed by atoms with Gasteiger partial charge in [0.2, 0.25) is 5.95 Å². The number of para-hydroxylation sites is 1. The molecule has 1 aliphatic carbocycles. The second kappa shape index (κ2) is 9.87. The SMILES string of the molecule is OC[C@@H]1CC[C@H](Nc2nc(NCC3CCOCC3)nc(Cl)c2-c2nc3ccccc3s2)C1. The number of anilines is 2. The van der Waals surface area contributed by atoms with Gasteiger partial charge in [0, 0.05) is 32.4 Å². The summed E-state index contributed by atoms with van der Waals surface area (Å²) in [5.74, 6) is 2.13. The van der Waals surface area contributed by atoms with Crippen LogP contribution in [0.5, 0.6) is 0 Å². The molecule has 2 atom stereocenters. The van der Waals surface area contributed by atoms with Crippen molar-refractivity contribution in [1.29, 1.82) is 0 Å². The molecule has 170 valence electrons. The summed E-state index contributed by atoms with van der Waals surface area (Å²) in [6.45, 7) is 2.65. The van der Waals surface area contributed by atoms with Crippen LogP contribution < -0.4 is 10.6 Å². The quantitative estimate of drug-likeness (QED) is 0.424. The molecule has 0 unspecified atom stereocenters. The Kier molecular flexibility index (Phi) is 6.73. The van der Waals surface area contributed by atoms with Crippen LogP contribution in [0, 0.1) is 11.8 Å². The first-order chi connectivity index (χ1) is 15.7. The fourth-order valence-corrected chi connectivity index (χ4v) is 5.86. The van der Waals surface area contributed by atoms with Gasteiger partial charge in [-0.25, -0.2) is 9.97 Å². The van der Waals surface area contributed by atoms with E-state index in [0.29, 0.717) is 28.8 Å². The van der Waals surface area contributed by atoms with Crippen molar-refractivity contribution in [1.82, 2.24) is 15.0 Å². The second-order valence-electron chi connectivity index (χ2n) is 8.69. The number of thiazole rings is 1. The van der Waals surface area contributed by atoms with Gasteiger partial charge in [0.1, 0.15) is 16.0 Å². The van der Waals surface area contributed by atoms with Gasteiger partial charge in [-0.05, 0) is 56.1 Å². The fourth-order valence-electron chi connectivity index (χ4n) is 4.54. The Labute approximate surface area is 196 Å². The highest BCUT2D eigenvalue weighted by Gasteiger charge is 2.27. The van der Waals surface area contributed by atoms with Crippen molar-refractivity contribution in [3.8, 4) is 10.6 Å². The summed E-state index contributed by atoms with van der Waals surface area (Å²) in [4.78, 5) is 14.2. The molecule has 9 heteroatoms. The van der Waals surface area contributed by atoms with Gasteiger partial charge in [-0.1, -0.05) is 23.7 Å². The third kappa shape index (κ3) is 4.83. The van der Waals surface area contributed by atoms with Crippen LogP contribution in [-0.4, -0.2) is 52.5 Å². The first-order valence-corrected chi connectivity index (χ1v) is 12.5. The number of aliphatic hydroxyl groups is 1. The number of hydrogen-bond acceptors (Lipinski definition) is 8. The zero-order valence-electron chi connectivity index (χ0n) is 17.9. The molecule has 1 saturated heterocycles. The molecule has 3 N–H and O–H groups in total. The Bertz CT molecular complexity index is 1040. The Hall–Kier alpha value is -2.00. The van der Waals surface area contributed by atoms with Crippen LogP contribution >= 0.6 is 22.9 Å². The zero-order valence-corrected chi connectivity index (χ0v) is 19.5. The van der Waals surface area contributed by atoms with E-state index in [1.165, 1.54) is 0 Å². The predicted octanol–water partition coefficient (Wildman–Crippen LogP) is 4.82. The molecule has 5 rings (SSSR count). The van der Waals surface area contributed by atoms with Crippen LogP contribution in [0.3, 0.4) is 0 Å². The molecule has 7 nitrogen and oxygen atoms in total. The number of hydrogen-bond donors (Lipinski definition) is 3. The molecule has 2 aliphatic rings. The smallest absolute Gasteiger partial charge is 0.226 e. The van der Waals surface area contributed by atoms with E-state index >= 15 is 0 Å². The highest BCUT2D eigenvalue weighted by molar-refractivity contribution is 7.21. The van der Waals surface area contributed by atoms with E-state index < -0.39 is 0 Å². The standard InChI is InChI=1S/C23H28ClN5O2S/c24-20-19(22-27-17-3-1-2-4-18(17)32-22)21(26-16-6-5-15(11-16)13-30)29-23(28-20)25-12-14-7-9-31-10-8-14/h1-4,14-16,30H,5-13H2,(H2,25,26,28,29)/t15-,16+/m1/s1. The highest BCUT2D eigenvalue weighted by Crippen LogP contribution is 2.39. The third-order valence-electron chi connectivity index (χ3n) is 6.40. The van der Waals surface area contributed by atoms with E-state index in [1.807, 2.05) is 18.2 Å². The second-order valence-corrected chi connectivity index (χ2v) is 10.1. The molecule has 0 spiro atoms. The summed E-state index contributed by atoms with van der Waals surface area (Å²) in [6, 6.07) is 8.31. The van der Waals surface area contributed by atoms with Gasteiger partial charge in [-0.15, -0.1) is 11.3 Å². The molecule has 3 aromatic rings. The van der Waals surface area contributed by atoms with E-state index in [-0.39, 0.29) is 12.6 Å². The Morgan fingerprint density at radius 3 is 2.69 bits per heavy atom. The van der Waals surface area contributed by atoms with Crippen LogP contribution in [0.1, 0.15) is 32.1 Å². The van der Waals surface area contributed by atoms with Crippen LogP contribution in [-0.2, 0) is 4.74 Å². The fraction of sp³-hybridized carbons (Fsp3) is 0.522. The van der Waals surface area contributed by atoms with Crippen molar-refractivity contribution in [3.63, 3.8) is 0 Å². The van der Waals surface area contributed by atoms with Crippen molar-refractivity contribution in [2.45, 2.75) is 38.1 Å². The molecule has 3 heterocycles. The number of nitrogens with one attached hydrogen (secondary N) is 2. The average Bonchev–Trinajstić information content (AvgIpc) is 3.44. The molecule has 2 aromatic heterocycles. The summed E-state index contributed by atoms with van der Waals surface area (Å²) < 4.78 is 6.56. The van der Waals surface area contributed by atoms with E-state index in [0.717, 1.165) is 72.7 Å². The van der Waals surface area contributed by atoms with Gasteiger partial charge in [0.05, 0.1) is 15.8 Å². The zero-order chi connectivity index (χ0) is 21.9. The topological polar surface area (TPSA) is 92.2 Å². The Morgan fingerprint density at radius 2 is 1.91 bits per heavy atom. The summed E-state index contributed by atoms with van der Waals surface area (Å²) in [5, 5.41) is 17.7. The van der Waals surface area contributed by atoms with Gasteiger partial charge >= 0.3 is 0 Å². The lowest BCUT2D eigenvalue weighted by Crippen LogP contribution is -2.24. The first-order valence-electron chi connectivity index (χ1n) is 11.3. The number of fused-ring (bicyclic) bond motifs is 1. The Morgan fingerprint density at radius 1 is 1.06 bits per heavy atom. The molecular formula is C23H28ClN5O2S. The van der Waals surface area contributed by atoms with Gasteiger partial charge in [-0.2, -0.15) is 4.98 Å². The van der Waals surface area contributed by atoms with Crippen LogP contribution in [0.2, 0.25) is 5.15 Å². The van der Waals surface area contributed by atoms with E-state index in [1.54, 1.807) is 11.3 Å². The number of nitrogens with zero attached hydrogens (tertiary/aromatic N) is 3. The van der Waals surface area contributed by atoms with Crippen LogP contribution in [0.4, 0.5) is 11.8 Å². The van der Waals surface area contributed by atoms with Gasteiger partial charge < -0.3 is 20.5 Å². The number of benzene rings is 1. The first kappa shape index (κ1) is 21.8. The molecule has 1 aliphatic heterocycles. The van der Waals surface area contributed by atoms with E-state index in [2.05, 4.69) is 21.7 Å². The molecule has 2 fully saturated rings. The van der Waals surface area contributed by atoms with Gasteiger partial charge in [0.15, 0.2) is 0 Å². The molecule has 1 aromatic carbocycles. The van der Waals surface area contributed by atoms with Crippen molar-refractivity contribution in [3.05, 3.63) is 29.4 Å². The Balaban J connectivity index is 1.45. The lowest BCUT2D eigenvalue weighted by Gasteiger charge is -2.23. The van der Waals surface area contributed by atoms with Crippen molar-refractivity contribution in [2.75, 3.05) is 37.0 Å². The maximum atomic E-state index is 9.54. The van der Waals surface area contributed by atoms with Crippen molar-refractivity contribution < 1.29 is 9.84 Å². The largest absolute Gasteiger partial charge is 0.396 e. The van der Waals surface area contributed by atoms with E-state index in [4.69, 9.17) is 26.3 Å². The summed E-state index contributed by atoms with van der Waals surface area (Å²) in [6.07, 6.45) is 5.01. The summed E-state index contributed by atoms with van der Waals surface area (Å²) >= 11 is 8.33. The summed E-state index contributed by atoms with van der Waals surface area (Å²) in [7, 11) is 0. The monoisotopic (exact) mass is 473 g/mol. The number of aliphatic hydroxyl groups excluding tert-OH is 1. The predicted molar refractivity (Wildman–Crippen MR) is 130 cm³/mol. The van der Waals surface area contributed by atoms with Crippen molar-refractivity contribution >= 4 is 44.9 Å². The number of ether oxygens (including phenoxy) is 1. The van der Waals surface area contributed by atoms with Crippen LogP contribution in [0.15, 0.2) is 24.3 Å². The highest BCUT2D eigenvalue weighted by atomic mass is 35.5. The maximum absolute atomic E-state index is 9.54. The number of rotatable bonds is 7. The number of halogens is 1. The van der Waals surface area contributed by atoms with E-state index in [9.17, 15) is 5.11 Å². The van der Waals surface area contributed by atoms with Gasteiger partial charge in [0.25, 0.3) is 0 Å². The molecular weight excluding hydrogens is 446 g/mol. The molecule has 0 bridgehead atoms. The lowest BCUT2D eigenvalue weighted by molar-refractivity contribution is 0.0699. The molecule has 32 heavy (non-hydrogen) atoms. The lowest BCUT2D eigenvalue weighted by atomic mass is 10.0. The van der Waals surface area contributed by atoms with Crippen LogP contribution in [0.25, 0.3) is 20.8 Å². The summed E-state index contributed by atoms with van der Waals surface area (Å²) in [5.41, 5.74) is 1.69.